The van der Waals surface area contributed by atoms with Crippen LogP contribution < -0.4 is 4.90 Å². The van der Waals surface area contributed by atoms with Crippen LogP contribution in [0.1, 0.15) is 33.3 Å². The number of hydrogen-bond donors (Lipinski definition) is 0. The molecule has 0 aliphatic carbocycles. The van der Waals surface area contributed by atoms with Crippen molar-refractivity contribution in [2.24, 2.45) is 5.16 Å². The van der Waals surface area contributed by atoms with Gasteiger partial charge in [0.25, 0.3) is 0 Å². The van der Waals surface area contributed by atoms with Gasteiger partial charge in [-0.15, -0.1) is 11.8 Å². The summed E-state index contributed by atoms with van der Waals surface area (Å²) < 4.78 is 4.96. The third kappa shape index (κ3) is 3.90. The fourth-order valence-electron chi connectivity index (χ4n) is 2.07. The highest BCUT2D eigenvalue weighted by atomic mass is 32.2. The van der Waals surface area contributed by atoms with Gasteiger partial charge in [-0.1, -0.05) is 11.2 Å². The van der Waals surface area contributed by atoms with Gasteiger partial charge >= 0.3 is 5.97 Å². The van der Waals surface area contributed by atoms with Crippen LogP contribution in [0.5, 0.6) is 0 Å². The van der Waals surface area contributed by atoms with Gasteiger partial charge in [0, 0.05) is 17.5 Å². The van der Waals surface area contributed by atoms with Crippen LogP contribution in [0.25, 0.3) is 0 Å². The van der Waals surface area contributed by atoms with E-state index in [0.717, 1.165) is 16.1 Å². The number of carbonyl (C=O) groups excluding carboxylic acids is 2. The number of anilines is 1. The lowest BCUT2D eigenvalue weighted by Crippen LogP contribution is -2.35. The molecule has 1 amide bonds. The van der Waals surface area contributed by atoms with Crippen LogP contribution in [-0.4, -0.2) is 42.6 Å². The lowest BCUT2D eigenvalue weighted by atomic mass is 10.1. The first-order valence-corrected chi connectivity index (χ1v) is 8.68. The Kier molecular flexibility index (Phi) is 5.54. The van der Waals surface area contributed by atoms with Crippen molar-refractivity contribution in [2.75, 3.05) is 24.3 Å². The molecule has 7 heteroatoms. The standard InChI is InChI=1S/C17H22N2O4S/c1-6-22-16(21)17(3,4)23-18-11(2)12-7-8-14-13(9-12)19(5)15(20)10-24-14/h7-9H,6,10H2,1-5H3/b18-11+. The number of fused-ring (bicyclic) bond motifs is 1. The second kappa shape index (κ2) is 7.25. The predicted molar refractivity (Wildman–Crippen MR) is 94.6 cm³/mol. The van der Waals surface area contributed by atoms with Crippen LogP contribution in [-0.2, 0) is 19.2 Å². The Morgan fingerprint density at radius 3 is 2.79 bits per heavy atom. The largest absolute Gasteiger partial charge is 0.463 e. The average molecular weight is 350 g/mol. The van der Waals surface area contributed by atoms with Crippen molar-refractivity contribution < 1.29 is 19.2 Å². The molecule has 0 fully saturated rings. The number of amides is 1. The number of nitrogens with zero attached hydrogens (tertiary/aromatic N) is 2. The zero-order chi connectivity index (χ0) is 17.9. The van der Waals surface area contributed by atoms with Crippen molar-refractivity contribution in [1.82, 2.24) is 0 Å². The van der Waals surface area contributed by atoms with Crippen LogP contribution in [0.3, 0.4) is 0 Å². The molecule has 0 saturated carbocycles. The number of rotatable bonds is 5. The SMILES string of the molecule is CCOC(=O)C(C)(C)O/N=C(\C)c1ccc2c(c1)N(C)C(=O)CS2. The number of hydrogen-bond acceptors (Lipinski definition) is 6. The Morgan fingerprint density at radius 1 is 1.42 bits per heavy atom. The van der Waals surface area contributed by atoms with E-state index in [9.17, 15) is 9.59 Å². The maximum Gasteiger partial charge on any atom is 0.352 e. The number of benzene rings is 1. The molecule has 0 unspecified atom stereocenters. The highest BCUT2D eigenvalue weighted by molar-refractivity contribution is 8.00. The molecule has 0 atom stereocenters. The lowest BCUT2D eigenvalue weighted by Gasteiger charge is -2.25. The van der Waals surface area contributed by atoms with Crippen molar-refractivity contribution in [3.05, 3.63) is 23.8 Å². The second-order valence-corrected chi connectivity index (χ2v) is 6.94. The van der Waals surface area contributed by atoms with Gasteiger partial charge in [-0.3, -0.25) is 4.79 Å². The van der Waals surface area contributed by atoms with Crippen LogP contribution >= 0.6 is 11.8 Å². The van der Waals surface area contributed by atoms with Gasteiger partial charge in [-0.25, -0.2) is 4.79 Å². The molecule has 1 heterocycles. The normalized spacial score (nSPS) is 15.1. The third-order valence-electron chi connectivity index (χ3n) is 3.64. The van der Waals surface area contributed by atoms with Crippen LogP contribution in [0.4, 0.5) is 5.69 Å². The fourth-order valence-corrected chi connectivity index (χ4v) is 3.06. The Hall–Kier alpha value is -2.02. The molecule has 6 nitrogen and oxygen atoms in total. The molecular weight excluding hydrogens is 328 g/mol. The molecule has 0 spiro atoms. The fraction of sp³-hybridized carbons (Fsp3) is 0.471. The van der Waals surface area contributed by atoms with E-state index in [0.29, 0.717) is 11.5 Å². The molecule has 130 valence electrons. The zero-order valence-electron chi connectivity index (χ0n) is 14.6. The topological polar surface area (TPSA) is 68.2 Å². The summed E-state index contributed by atoms with van der Waals surface area (Å²) in [4.78, 5) is 31.7. The first kappa shape index (κ1) is 18.3. The molecule has 0 radical (unpaired) electrons. The van der Waals surface area contributed by atoms with Crippen LogP contribution in [0.15, 0.2) is 28.3 Å². The third-order valence-corrected chi connectivity index (χ3v) is 4.69. The summed E-state index contributed by atoms with van der Waals surface area (Å²) in [5.41, 5.74) is 1.14. The van der Waals surface area contributed by atoms with E-state index in [2.05, 4.69) is 5.16 Å². The summed E-state index contributed by atoms with van der Waals surface area (Å²) in [7, 11) is 1.76. The molecule has 24 heavy (non-hydrogen) atoms. The molecule has 1 aromatic rings. The summed E-state index contributed by atoms with van der Waals surface area (Å²) in [5, 5.41) is 4.07. The molecule has 0 saturated heterocycles. The van der Waals surface area contributed by atoms with Gasteiger partial charge in [0.05, 0.1) is 23.8 Å². The predicted octanol–water partition coefficient (Wildman–Crippen LogP) is 2.84. The zero-order valence-corrected chi connectivity index (χ0v) is 15.4. The van der Waals surface area contributed by atoms with Crippen molar-refractivity contribution in [1.29, 1.82) is 0 Å². The summed E-state index contributed by atoms with van der Waals surface area (Å²) in [5.74, 6) is 0.0555. The average Bonchev–Trinajstić information content (AvgIpc) is 2.56. The molecule has 1 aliphatic heterocycles. The Labute approximate surface area is 146 Å². The van der Waals surface area contributed by atoms with Crippen molar-refractivity contribution in [3.8, 4) is 0 Å². The summed E-state index contributed by atoms with van der Waals surface area (Å²) in [6, 6.07) is 5.79. The maximum atomic E-state index is 11.8. The second-order valence-electron chi connectivity index (χ2n) is 5.92. The van der Waals surface area contributed by atoms with Crippen LogP contribution in [0.2, 0.25) is 0 Å². The highest BCUT2D eigenvalue weighted by Crippen LogP contribution is 2.35. The number of thioether (sulfide) groups is 1. The Bertz CT molecular complexity index is 685. The molecule has 1 aliphatic rings. The van der Waals surface area contributed by atoms with E-state index in [1.807, 2.05) is 18.2 Å². The van der Waals surface area contributed by atoms with Gasteiger partial charge in [-0.05, 0) is 39.8 Å². The van der Waals surface area contributed by atoms with Gasteiger partial charge in [0.15, 0.2) is 0 Å². The quantitative estimate of drug-likeness (QED) is 0.464. The van der Waals surface area contributed by atoms with E-state index in [4.69, 9.17) is 9.57 Å². The van der Waals surface area contributed by atoms with Gasteiger partial charge in [0.2, 0.25) is 11.5 Å². The number of esters is 1. The monoisotopic (exact) mass is 350 g/mol. The molecule has 2 rings (SSSR count). The summed E-state index contributed by atoms with van der Waals surface area (Å²) >= 11 is 1.52. The molecule has 0 aromatic heterocycles. The van der Waals surface area contributed by atoms with Crippen molar-refractivity contribution >= 4 is 35.0 Å². The van der Waals surface area contributed by atoms with E-state index in [1.165, 1.54) is 11.8 Å². The van der Waals surface area contributed by atoms with Gasteiger partial charge in [-0.2, -0.15) is 0 Å². The van der Waals surface area contributed by atoms with E-state index in [1.54, 1.807) is 39.6 Å². The van der Waals surface area contributed by atoms with Crippen LogP contribution in [0, 0.1) is 0 Å². The number of carbonyl (C=O) groups is 2. The van der Waals surface area contributed by atoms with Crippen molar-refractivity contribution in [2.45, 2.75) is 38.2 Å². The Balaban J connectivity index is 2.19. The molecule has 1 aromatic carbocycles. The number of ether oxygens (including phenoxy) is 1. The summed E-state index contributed by atoms with van der Waals surface area (Å²) in [6.45, 7) is 7.04. The smallest absolute Gasteiger partial charge is 0.352 e. The van der Waals surface area contributed by atoms with E-state index < -0.39 is 11.6 Å². The van der Waals surface area contributed by atoms with Gasteiger partial charge in [0.1, 0.15) is 0 Å². The molecule has 0 bridgehead atoms. The number of oxime groups is 1. The minimum atomic E-state index is -1.16. The maximum absolute atomic E-state index is 11.8. The minimum Gasteiger partial charge on any atom is -0.463 e. The first-order chi connectivity index (χ1) is 11.3. The first-order valence-electron chi connectivity index (χ1n) is 7.70. The summed E-state index contributed by atoms with van der Waals surface area (Å²) in [6.07, 6.45) is 0. The van der Waals surface area contributed by atoms with Crippen molar-refractivity contribution in [3.63, 3.8) is 0 Å². The molecular formula is C17H22N2O4S. The lowest BCUT2D eigenvalue weighted by molar-refractivity contribution is -0.167. The van der Waals surface area contributed by atoms with E-state index in [-0.39, 0.29) is 12.5 Å². The molecule has 0 N–H and O–H groups in total. The van der Waals surface area contributed by atoms with Gasteiger partial charge < -0.3 is 14.5 Å². The Morgan fingerprint density at radius 2 is 2.12 bits per heavy atom. The highest BCUT2D eigenvalue weighted by Gasteiger charge is 2.32. The van der Waals surface area contributed by atoms with E-state index >= 15 is 0 Å². The minimum absolute atomic E-state index is 0.0685.